The fraction of sp³-hybridized carbons (Fsp3) is 0.588. The van der Waals surface area contributed by atoms with Crippen LogP contribution < -0.4 is 10.2 Å². The number of amides is 1. The van der Waals surface area contributed by atoms with Gasteiger partial charge < -0.3 is 15.3 Å². The number of aliphatic hydroxyl groups excluding tert-OH is 1. The molecule has 0 saturated carbocycles. The third-order valence-electron chi connectivity index (χ3n) is 4.34. The second kappa shape index (κ2) is 8.02. The van der Waals surface area contributed by atoms with Gasteiger partial charge in [0.15, 0.2) is 0 Å². The first-order valence-electron chi connectivity index (χ1n) is 7.98. The van der Waals surface area contributed by atoms with Crippen molar-refractivity contribution >= 4 is 23.4 Å². The molecule has 2 atom stereocenters. The molecule has 1 aliphatic heterocycles. The Morgan fingerprint density at radius 3 is 2.65 bits per heavy atom. The van der Waals surface area contributed by atoms with E-state index in [4.69, 9.17) is 0 Å². The van der Waals surface area contributed by atoms with Crippen LogP contribution in [-0.2, 0) is 4.79 Å². The zero-order chi connectivity index (χ0) is 17.0. The van der Waals surface area contributed by atoms with Crippen LogP contribution in [0.25, 0.3) is 0 Å². The second-order valence-electron chi connectivity index (χ2n) is 6.03. The molecule has 1 heterocycles. The molecule has 0 aliphatic carbocycles. The zero-order valence-corrected chi connectivity index (χ0v) is 14.7. The lowest BCUT2D eigenvalue weighted by molar-refractivity contribution is -0.120. The van der Waals surface area contributed by atoms with Gasteiger partial charge in [-0.15, -0.1) is 0 Å². The summed E-state index contributed by atoms with van der Waals surface area (Å²) in [5.41, 5.74) is 1.71. The number of halogens is 1. The SMILES string of the molecule is CSC(C)C(=O)NC(C)c1cc(F)ccc1N1CCC(O)CC1. The summed E-state index contributed by atoms with van der Waals surface area (Å²) >= 11 is 1.48. The molecule has 2 rings (SSSR count). The number of thioether (sulfide) groups is 1. The van der Waals surface area contributed by atoms with Crippen molar-refractivity contribution in [2.24, 2.45) is 0 Å². The molecule has 0 spiro atoms. The van der Waals surface area contributed by atoms with Crippen molar-refractivity contribution in [3.8, 4) is 0 Å². The van der Waals surface area contributed by atoms with E-state index in [9.17, 15) is 14.3 Å². The first-order valence-corrected chi connectivity index (χ1v) is 9.26. The third-order valence-corrected chi connectivity index (χ3v) is 5.26. The Balaban J connectivity index is 2.19. The molecule has 1 aliphatic rings. The number of anilines is 1. The van der Waals surface area contributed by atoms with E-state index in [-0.39, 0.29) is 29.1 Å². The number of hydrogen-bond donors (Lipinski definition) is 2. The molecule has 0 bridgehead atoms. The lowest BCUT2D eigenvalue weighted by Gasteiger charge is -2.34. The van der Waals surface area contributed by atoms with Gasteiger partial charge in [-0.3, -0.25) is 4.79 Å². The monoisotopic (exact) mass is 340 g/mol. The maximum absolute atomic E-state index is 13.7. The first kappa shape index (κ1) is 18.1. The summed E-state index contributed by atoms with van der Waals surface area (Å²) < 4.78 is 13.7. The van der Waals surface area contributed by atoms with Gasteiger partial charge in [-0.25, -0.2) is 4.39 Å². The average Bonchev–Trinajstić information content (AvgIpc) is 2.54. The highest BCUT2D eigenvalue weighted by Gasteiger charge is 2.23. The fourth-order valence-corrected chi connectivity index (χ4v) is 3.06. The Morgan fingerprint density at radius 2 is 2.04 bits per heavy atom. The quantitative estimate of drug-likeness (QED) is 0.865. The minimum Gasteiger partial charge on any atom is -0.393 e. The summed E-state index contributed by atoms with van der Waals surface area (Å²) in [6, 6.07) is 4.44. The van der Waals surface area contributed by atoms with E-state index in [1.165, 1.54) is 23.9 Å². The van der Waals surface area contributed by atoms with E-state index in [2.05, 4.69) is 10.2 Å². The minimum absolute atomic E-state index is 0.0470. The molecular formula is C17H25FN2O2S. The van der Waals surface area contributed by atoms with Crippen LogP contribution in [0.1, 0.15) is 38.3 Å². The van der Waals surface area contributed by atoms with Gasteiger partial charge in [0.05, 0.1) is 17.4 Å². The lowest BCUT2D eigenvalue weighted by atomic mass is 10.0. The standard InChI is InChI=1S/C17H25FN2O2S/c1-11(19-17(22)12(2)23-3)15-10-13(18)4-5-16(15)20-8-6-14(21)7-9-20/h4-5,10-12,14,21H,6-9H2,1-3H3,(H,19,22). The van der Waals surface area contributed by atoms with Gasteiger partial charge in [-0.05, 0) is 51.1 Å². The van der Waals surface area contributed by atoms with E-state index in [0.29, 0.717) is 12.8 Å². The van der Waals surface area contributed by atoms with Gasteiger partial charge in [0.1, 0.15) is 5.82 Å². The van der Waals surface area contributed by atoms with Crippen LogP contribution in [0.3, 0.4) is 0 Å². The smallest absolute Gasteiger partial charge is 0.233 e. The largest absolute Gasteiger partial charge is 0.393 e. The van der Waals surface area contributed by atoms with Crippen molar-refractivity contribution < 1.29 is 14.3 Å². The Hall–Kier alpha value is -1.27. The second-order valence-corrected chi connectivity index (χ2v) is 7.21. The Labute approximate surface area is 141 Å². The van der Waals surface area contributed by atoms with Gasteiger partial charge >= 0.3 is 0 Å². The normalized spacial score (nSPS) is 18.6. The van der Waals surface area contributed by atoms with E-state index in [0.717, 1.165) is 24.3 Å². The summed E-state index contributed by atoms with van der Waals surface area (Å²) in [6.07, 6.45) is 3.05. The molecule has 1 saturated heterocycles. The molecule has 1 aromatic carbocycles. The van der Waals surface area contributed by atoms with E-state index >= 15 is 0 Å². The van der Waals surface area contributed by atoms with Crippen LogP contribution in [-0.4, -0.2) is 41.7 Å². The van der Waals surface area contributed by atoms with Crippen LogP contribution >= 0.6 is 11.8 Å². The Bertz CT molecular complexity index is 547. The number of aliphatic hydroxyl groups is 1. The number of rotatable bonds is 5. The highest BCUT2D eigenvalue weighted by atomic mass is 32.2. The zero-order valence-electron chi connectivity index (χ0n) is 13.9. The van der Waals surface area contributed by atoms with Crippen LogP contribution in [0.4, 0.5) is 10.1 Å². The molecule has 128 valence electrons. The molecule has 23 heavy (non-hydrogen) atoms. The summed E-state index contributed by atoms with van der Waals surface area (Å²) in [4.78, 5) is 14.3. The summed E-state index contributed by atoms with van der Waals surface area (Å²) in [5.74, 6) is -0.353. The van der Waals surface area contributed by atoms with Crippen molar-refractivity contribution in [2.75, 3.05) is 24.2 Å². The van der Waals surface area contributed by atoms with Gasteiger partial charge in [0, 0.05) is 24.3 Å². The predicted octanol–water partition coefficient (Wildman–Crippen LogP) is 2.72. The topological polar surface area (TPSA) is 52.6 Å². The number of benzene rings is 1. The van der Waals surface area contributed by atoms with Gasteiger partial charge in [-0.1, -0.05) is 0 Å². The molecule has 0 aromatic heterocycles. The number of nitrogens with one attached hydrogen (secondary N) is 1. The molecule has 1 aromatic rings. The molecule has 2 N–H and O–H groups in total. The lowest BCUT2D eigenvalue weighted by Crippen LogP contribution is -2.38. The maximum Gasteiger partial charge on any atom is 0.233 e. The highest BCUT2D eigenvalue weighted by molar-refractivity contribution is 7.99. The molecule has 4 nitrogen and oxygen atoms in total. The van der Waals surface area contributed by atoms with E-state index < -0.39 is 0 Å². The summed E-state index contributed by atoms with van der Waals surface area (Å²) in [7, 11) is 0. The van der Waals surface area contributed by atoms with Crippen molar-refractivity contribution in [3.05, 3.63) is 29.6 Å². The van der Waals surface area contributed by atoms with E-state index in [1.54, 1.807) is 6.07 Å². The third kappa shape index (κ3) is 4.61. The van der Waals surface area contributed by atoms with Crippen molar-refractivity contribution in [2.45, 2.75) is 44.1 Å². The molecule has 1 fully saturated rings. The van der Waals surface area contributed by atoms with Crippen molar-refractivity contribution in [1.82, 2.24) is 5.32 Å². The van der Waals surface area contributed by atoms with Crippen molar-refractivity contribution in [1.29, 1.82) is 0 Å². The van der Waals surface area contributed by atoms with Crippen LogP contribution in [0.5, 0.6) is 0 Å². The minimum atomic E-state index is -0.306. The van der Waals surface area contributed by atoms with Gasteiger partial charge in [0.2, 0.25) is 5.91 Å². The summed E-state index contributed by atoms with van der Waals surface area (Å²) in [6.45, 7) is 5.20. The predicted molar refractivity (Wildman–Crippen MR) is 93.4 cm³/mol. The van der Waals surface area contributed by atoms with Crippen molar-refractivity contribution in [3.63, 3.8) is 0 Å². The molecule has 2 unspecified atom stereocenters. The average molecular weight is 340 g/mol. The number of carbonyl (C=O) groups excluding carboxylic acids is 1. The number of piperidine rings is 1. The van der Waals surface area contributed by atoms with Gasteiger partial charge in [-0.2, -0.15) is 11.8 Å². The highest BCUT2D eigenvalue weighted by Crippen LogP contribution is 2.30. The van der Waals surface area contributed by atoms with Crippen LogP contribution in [0.2, 0.25) is 0 Å². The van der Waals surface area contributed by atoms with Gasteiger partial charge in [0.25, 0.3) is 0 Å². The molecule has 1 amide bonds. The van der Waals surface area contributed by atoms with Crippen LogP contribution in [0.15, 0.2) is 18.2 Å². The van der Waals surface area contributed by atoms with Crippen LogP contribution in [0, 0.1) is 5.82 Å². The number of nitrogens with zero attached hydrogens (tertiary/aromatic N) is 1. The number of hydrogen-bond acceptors (Lipinski definition) is 4. The maximum atomic E-state index is 13.7. The number of carbonyl (C=O) groups is 1. The summed E-state index contributed by atoms with van der Waals surface area (Å²) in [5, 5.41) is 12.5. The van der Waals surface area contributed by atoms with E-state index in [1.807, 2.05) is 20.1 Å². The molecule has 6 heteroatoms. The Kier molecular flexibility index (Phi) is 6.30. The Morgan fingerprint density at radius 1 is 1.39 bits per heavy atom. The molecule has 0 radical (unpaired) electrons. The molecular weight excluding hydrogens is 315 g/mol. The first-order chi connectivity index (χ1) is 10.9. The fourth-order valence-electron chi connectivity index (χ4n) is 2.78.